The molecule has 2 aromatic heterocycles. The standard InChI is InChI=1S/C19H18ClN3O3S2/c1-11(26-14-5-3-13(20)4-6-14)18(25)23-19-22-16(10-27-19)17-8-7-15(28-17)9-21-12(2)24/h3-8,10-11H,9H2,1-2H3,(H,21,24)(H,22,23,25). The van der Waals surface area contributed by atoms with Gasteiger partial charge in [-0.25, -0.2) is 4.98 Å². The van der Waals surface area contributed by atoms with Gasteiger partial charge in [-0.15, -0.1) is 22.7 Å². The van der Waals surface area contributed by atoms with Crippen LogP contribution in [0.3, 0.4) is 0 Å². The maximum absolute atomic E-state index is 12.3. The molecule has 3 aromatic rings. The Kier molecular flexibility index (Phi) is 6.66. The first-order valence-electron chi connectivity index (χ1n) is 8.43. The highest BCUT2D eigenvalue weighted by Gasteiger charge is 2.17. The number of hydrogen-bond acceptors (Lipinski definition) is 6. The van der Waals surface area contributed by atoms with E-state index >= 15 is 0 Å². The fourth-order valence-corrected chi connectivity index (χ4v) is 4.07. The highest BCUT2D eigenvalue weighted by Crippen LogP contribution is 2.31. The molecule has 6 nitrogen and oxygen atoms in total. The Morgan fingerprint density at radius 1 is 1.21 bits per heavy atom. The van der Waals surface area contributed by atoms with Crippen LogP contribution in [-0.2, 0) is 16.1 Å². The second kappa shape index (κ2) is 9.18. The molecule has 0 aliphatic rings. The number of ether oxygens (including phenoxy) is 1. The Balaban J connectivity index is 1.58. The largest absolute Gasteiger partial charge is 0.481 e. The van der Waals surface area contributed by atoms with Gasteiger partial charge in [0.05, 0.1) is 17.1 Å². The van der Waals surface area contributed by atoms with Crippen molar-refractivity contribution < 1.29 is 14.3 Å². The Hall–Kier alpha value is -2.42. The monoisotopic (exact) mass is 435 g/mol. The number of amides is 2. The lowest BCUT2D eigenvalue weighted by molar-refractivity contribution is -0.122. The van der Waals surface area contributed by atoms with Crippen molar-refractivity contribution >= 4 is 51.2 Å². The van der Waals surface area contributed by atoms with E-state index < -0.39 is 6.10 Å². The number of aromatic nitrogens is 1. The molecule has 0 saturated heterocycles. The number of thiophene rings is 1. The van der Waals surface area contributed by atoms with E-state index in [-0.39, 0.29) is 11.8 Å². The van der Waals surface area contributed by atoms with Crippen LogP contribution in [0.4, 0.5) is 5.13 Å². The summed E-state index contributed by atoms with van der Waals surface area (Å²) < 4.78 is 5.62. The molecule has 0 saturated carbocycles. The Bertz CT molecular complexity index is 969. The van der Waals surface area contributed by atoms with E-state index in [0.29, 0.717) is 22.4 Å². The van der Waals surface area contributed by atoms with Gasteiger partial charge in [0.2, 0.25) is 5.91 Å². The highest BCUT2D eigenvalue weighted by molar-refractivity contribution is 7.17. The summed E-state index contributed by atoms with van der Waals surface area (Å²) in [6.45, 7) is 3.65. The summed E-state index contributed by atoms with van der Waals surface area (Å²) in [5.41, 5.74) is 0.783. The quantitative estimate of drug-likeness (QED) is 0.569. The number of anilines is 1. The van der Waals surface area contributed by atoms with Crippen molar-refractivity contribution in [3.05, 3.63) is 51.7 Å². The number of benzene rings is 1. The summed E-state index contributed by atoms with van der Waals surface area (Å²) in [4.78, 5) is 29.8. The maximum Gasteiger partial charge on any atom is 0.266 e. The van der Waals surface area contributed by atoms with Crippen LogP contribution in [0.15, 0.2) is 41.8 Å². The first-order valence-corrected chi connectivity index (χ1v) is 10.5. The second-order valence-electron chi connectivity index (χ2n) is 5.92. The number of thiazole rings is 1. The van der Waals surface area contributed by atoms with Crippen LogP contribution in [0.2, 0.25) is 5.02 Å². The predicted molar refractivity (Wildman–Crippen MR) is 113 cm³/mol. The van der Waals surface area contributed by atoms with Crippen molar-refractivity contribution in [2.45, 2.75) is 26.5 Å². The number of nitrogens with one attached hydrogen (secondary N) is 2. The highest BCUT2D eigenvalue weighted by atomic mass is 35.5. The van der Waals surface area contributed by atoms with Gasteiger partial charge in [0.15, 0.2) is 11.2 Å². The Labute approximate surface area is 175 Å². The van der Waals surface area contributed by atoms with E-state index in [0.717, 1.165) is 15.4 Å². The van der Waals surface area contributed by atoms with Gasteiger partial charge in [-0.05, 0) is 43.3 Å². The molecule has 0 aliphatic heterocycles. The average Bonchev–Trinajstić information content (AvgIpc) is 3.31. The minimum Gasteiger partial charge on any atom is -0.481 e. The third-order valence-corrected chi connectivity index (χ3v) is 5.77. The van der Waals surface area contributed by atoms with E-state index in [2.05, 4.69) is 15.6 Å². The second-order valence-corrected chi connectivity index (χ2v) is 8.38. The molecule has 1 aromatic carbocycles. The van der Waals surface area contributed by atoms with E-state index in [1.165, 1.54) is 18.3 Å². The molecule has 2 heterocycles. The van der Waals surface area contributed by atoms with Crippen molar-refractivity contribution in [1.82, 2.24) is 10.3 Å². The number of halogens is 1. The number of hydrogen-bond donors (Lipinski definition) is 2. The number of carbonyl (C=O) groups is 2. The molecule has 0 bridgehead atoms. The number of nitrogens with zero attached hydrogens (tertiary/aromatic N) is 1. The van der Waals surface area contributed by atoms with Gasteiger partial charge >= 0.3 is 0 Å². The summed E-state index contributed by atoms with van der Waals surface area (Å²) >= 11 is 8.74. The van der Waals surface area contributed by atoms with Gasteiger partial charge in [-0.2, -0.15) is 0 Å². The van der Waals surface area contributed by atoms with Crippen LogP contribution in [0.5, 0.6) is 5.75 Å². The minimum atomic E-state index is -0.681. The van der Waals surface area contributed by atoms with E-state index in [9.17, 15) is 9.59 Å². The van der Waals surface area contributed by atoms with Crippen LogP contribution < -0.4 is 15.4 Å². The SMILES string of the molecule is CC(=O)NCc1ccc(-c2csc(NC(=O)C(C)Oc3ccc(Cl)cc3)n2)s1. The first kappa shape index (κ1) is 20.3. The number of carbonyl (C=O) groups excluding carboxylic acids is 2. The molecule has 0 spiro atoms. The van der Waals surface area contributed by atoms with Crippen LogP contribution in [0.25, 0.3) is 10.6 Å². The summed E-state index contributed by atoms with van der Waals surface area (Å²) in [6, 6.07) is 10.7. The molecule has 0 fully saturated rings. The summed E-state index contributed by atoms with van der Waals surface area (Å²) in [6.07, 6.45) is -0.681. The van der Waals surface area contributed by atoms with Gasteiger partial charge in [-0.3, -0.25) is 14.9 Å². The number of rotatable bonds is 7. The fraction of sp³-hybridized carbons (Fsp3) is 0.211. The van der Waals surface area contributed by atoms with Crippen molar-refractivity contribution in [3.8, 4) is 16.3 Å². The third-order valence-electron chi connectivity index (χ3n) is 3.66. The fourth-order valence-electron chi connectivity index (χ4n) is 2.24. The van der Waals surface area contributed by atoms with Gasteiger partial charge in [0.1, 0.15) is 5.75 Å². The molecule has 146 valence electrons. The molecular formula is C19H18ClN3O3S2. The topological polar surface area (TPSA) is 80.3 Å². The van der Waals surface area contributed by atoms with Crippen LogP contribution in [0.1, 0.15) is 18.7 Å². The lowest BCUT2D eigenvalue weighted by Gasteiger charge is -2.13. The molecule has 1 unspecified atom stereocenters. The molecule has 1 atom stereocenters. The van der Waals surface area contributed by atoms with Crippen molar-refractivity contribution in [3.63, 3.8) is 0 Å². The van der Waals surface area contributed by atoms with E-state index in [1.807, 2.05) is 17.5 Å². The smallest absolute Gasteiger partial charge is 0.266 e. The molecule has 9 heteroatoms. The first-order chi connectivity index (χ1) is 13.4. The van der Waals surface area contributed by atoms with E-state index in [4.69, 9.17) is 16.3 Å². The van der Waals surface area contributed by atoms with Gasteiger partial charge in [0.25, 0.3) is 5.91 Å². The van der Waals surface area contributed by atoms with E-state index in [1.54, 1.807) is 42.5 Å². The van der Waals surface area contributed by atoms with Crippen LogP contribution in [-0.4, -0.2) is 22.9 Å². The summed E-state index contributed by atoms with van der Waals surface area (Å²) in [7, 11) is 0. The zero-order valence-electron chi connectivity index (χ0n) is 15.2. The molecule has 0 aliphatic carbocycles. The minimum absolute atomic E-state index is 0.0662. The zero-order valence-corrected chi connectivity index (χ0v) is 17.6. The molecule has 3 rings (SSSR count). The van der Waals surface area contributed by atoms with Gasteiger partial charge < -0.3 is 10.1 Å². The van der Waals surface area contributed by atoms with Crippen LogP contribution in [0, 0.1) is 0 Å². The lowest BCUT2D eigenvalue weighted by Crippen LogP contribution is -2.30. The molecule has 28 heavy (non-hydrogen) atoms. The lowest BCUT2D eigenvalue weighted by atomic mass is 10.3. The van der Waals surface area contributed by atoms with Gasteiger partial charge in [0, 0.05) is 22.2 Å². The molecule has 2 amide bonds. The predicted octanol–water partition coefficient (Wildman–Crippen LogP) is 4.57. The normalized spacial score (nSPS) is 11.7. The van der Waals surface area contributed by atoms with Crippen molar-refractivity contribution in [2.75, 3.05) is 5.32 Å². The average molecular weight is 436 g/mol. The molecule has 2 N–H and O–H groups in total. The summed E-state index contributed by atoms with van der Waals surface area (Å²) in [5, 5.41) is 8.54. The summed E-state index contributed by atoms with van der Waals surface area (Å²) in [5.74, 6) is 0.217. The van der Waals surface area contributed by atoms with Crippen LogP contribution >= 0.6 is 34.3 Å². The van der Waals surface area contributed by atoms with Crippen molar-refractivity contribution in [1.29, 1.82) is 0 Å². The Morgan fingerprint density at radius 2 is 1.96 bits per heavy atom. The van der Waals surface area contributed by atoms with Gasteiger partial charge in [-0.1, -0.05) is 11.6 Å². The third kappa shape index (κ3) is 5.54. The Morgan fingerprint density at radius 3 is 2.68 bits per heavy atom. The van der Waals surface area contributed by atoms with Crippen molar-refractivity contribution in [2.24, 2.45) is 0 Å². The molecule has 0 radical (unpaired) electrons. The maximum atomic E-state index is 12.3. The molecular weight excluding hydrogens is 418 g/mol. The zero-order chi connectivity index (χ0) is 20.1.